The Labute approximate surface area is 207 Å². The lowest BCUT2D eigenvalue weighted by Gasteiger charge is -2.25. The number of anilines is 3. The molecule has 1 atom stereocenters. The summed E-state index contributed by atoms with van der Waals surface area (Å²) in [4.78, 5) is 26.0. The van der Waals surface area contributed by atoms with Crippen LogP contribution in [0.3, 0.4) is 0 Å². The third-order valence-corrected chi connectivity index (χ3v) is 6.86. The minimum absolute atomic E-state index is 0.117. The van der Waals surface area contributed by atoms with Gasteiger partial charge in [-0.05, 0) is 43.4 Å². The van der Waals surface area contributed by atoms with Crippen molar-refractivity contribution in [2.24, 2.45) is 7.05 Å². The quantitative estimate of drug-likeness (QED) is 0.350. The predicted octanol–water partition coefficient (Wildman–Crippen LogP) is 5.43. The Hall–Kier alpha value is -3.96. The second kappa shape index (κ2) is 9.35. The molecule has 8 nitrogen and oxygen atoms in total. The maximum Gasteiger partial charge on any atom is 0.252 e. The van der Waals surface area contributed by atoms with Gasteiger partial charge in [-0.2, -0.15) is 5.26 Å². The molecule has 1 saturated carbocycles. The summed E-state index contributed by atoms with van der Waals surface area (Å²) in [5.41, 5.74) is 3.80. The molecule has 176 valence electrons. The number of aromatic nitrogens is 4. The van der Waals surface area contributed by atoms with E-state index in [4.69, 9.17) is 11.6 Å². The van der Waals surface area contributed by atoms with E-state index in [2.05, 4.69) is 31.7 Å². The molecule has 5 rings (SSSR count). The number of benzene rings is 1. The molecule has 0 saturated heterocycles. The Morgan fingerprint density at radius 2 is 1.91 bits per heavy atom. The van der Waals surface area contributed by atoms with Gasteiger partial charge in [0.05, 0.1) is 22.9 Å². The number of halogens is 1. The second-order valence-electron chi connectivity index (χ2n) is 8.79. The molecule has 1 aliphatic rings. The summed E-state index contributed by atoms with van der Waals surface area (Å²) in [6.07, 6.45) is 9.04. The Morgan fingerprint density at radius 1 is 1.14 bits per heavy atom. The molecule has 1 aromatic carbocycles. The molecular formula is C26H24ClN7O. The predicted molar refractivity (Wildman–Crippen MR) is 137 cm³/mol. The molecule has 35 heavy (non-hydrogen) atoms. The summed E-state index contributed by atoms with van der Waals surface area (Å²) in [7, 11) is 1.72. The lowest BCUT2D eigenvalue weighted by Crippen LogP contribution is -2.20. The first kappa shape index (κ1) is 22.8. The highest BCUT2D eigenvalue weighted by atomic mass is 35.5. The summed E-state index contributed by atoms with van der Waals surface area (Å²) < 4.78 is 1.58. The lowest BCUT2D eigenvalue weighted by molar-refractivity contribution is 0.417. The number of aryl methyl sites for hydroxylation is 1. The highest BCUT2D eigenvalue weighted by Crippen LogP contribution is 2.36. The molecule has 4 aromatic rings. The fourth-order valence-electron chi connectivity index (χ4n) is 4.36. The summed E-state index contributed by atoms with van der Waals surface area (Å²) >= 11 is 6.10. The van der Waals surface area contributed by atoms with Crippen molar-refractivity contribution in [1.29, 1.82) is 5.26 Å². The van der Waals surface area contributed by atoms with Crippen LogP contribution in [0.5, 0.6) is 0 Å². The van der Waals surface area contributed by atoms with Crippen LogP contribution in [0.1, 0.15) is 55.1 Å². The number of nitrogens with one attached hydrogen (secondary N) is 2. The highest BCUT2D eigenvalue weighted by Gasteiger charge is 2.21. The Bertz CT molecular complexity index is 1500. The number of nitrogens with zero attached hydrogens (tertiary/aromatic N) is 5. The zero-order chi connectivity index (χ0) is 24.5. The largest absolute Gasteiger partial charge is 0.375 e. The maximum atomic E-state index is 12.9. The fraction of sp³-hybridized carbons (Fsp3) is 0.269. The Morgan fingerprint density at radius 3 is 2.60 bits per heavy atom. The van der Waals surface area contributed by atoms with E-state index in [1.54, 1.807) is 23.7 Å². The molecule has 1 unspecified atom stereocenters. The molecule has 1 fully saturated rings. The van der Waals surface area contributed by atoms with Gasteiger partial charge in [0.25, 0.3) is 5.56 Å². The van der Waals surface area contributed by atoms with Crippen LogP contribution >= 0.6 is 11.6 Å². The van der Waals surface area contributed by atoms with Gasteiger partial charge in [0.1, 0.15) is 22.6 Å². The minimum Gasteiger partial charge on any atom is -0.375 e. The molecule has 0 bridgehead atoms. The molecule has 0 radical (unpaired) electrons. The molecule has 9 heteroatoms. The summed E-state index contributed by atoms with van der Waals surface area (Å²) in [5, 5.41) is 17.1. The second-order valence-corrected chi connectivity index (χ2v) is 9.14. The van der Waals surface area contributed by atoms with Crippen molar-refractivity contribution in [3.63, 3.8) is 0 Å². The van der Waals surface area contributed by atoms with Gasteiger partial charge >= 0.3 is 0 Å². The number of fused-ring (bicyclic) bond motifs is 1. The number of hydrogen-bond donors (Lipinski definition) is 2. The average Bonchev–Trinajstić information content (AvgIpc) is 2.82. The van der Waals surface area contributed by atoms with Crippen molar-refractivity contribution in [2.75, 3.05) is 10.6 Å². The van der Waals surface area contributed by atoms with Crippen LogP contribution < -0.4 is 16.2 Å². The van der Waals surface area contributed by atoms with Crippen LogP contribution in [0.25, 0.3) is 10.9 Å². The van der Waals surface area contributed by atoms with Gasteiger partial charge in [-0.1, -0.05) is 30.2 Å². The minimum atomic E-state index is -0.207. The zero-order valence-corrected chi connectivity index (χ0v) is 20.2. The number of pyridine rings is 2. The highest BCUT2D eigenvalue weighted by molar-refractivity contribution is 6.31. The van der Waals surface area contributed by atoms with Crippen molar-refractivity contribution in [3.8, 4) is 6.07 Å². The van der Waals surface area contributed by atoms with E-state index >= 15 is 0 Å². The Kier molecular flexibility index (Phi) is 6.10. The number of para-hydroxylation sites is 1. The Balaban J connectivity index is 1.50. The van der Waals surface area contributed by atoms with Crippen LogP contribution in [0, 0.1) is 11.3 Å². The van der Waals surface area contributed by atoms with Gasteiger partial charge in [-0.25, -0.2) is 15.0 Å². The number of rotatable bonds is 6. The maximum absolute atomic E-state index is 12.9. The molecule has 1 aliphatic carbocycles. The van der Waals surface area contributed by atoms with E-state index in [-0.39, 0.29) is 22.3 Å². The third kappa shape index (κ3) is 4.31. The van der Waals surface area contributed by atoms with E-state index in [9.17, 15) is 10.1 Å². The van der Waals surface area contributed by atoms with Gasteiger partial charge in [0.2, 0.25) is 0 Å². The first-order chi connectivity index (χ1) is 17.0. The molecule has 0 aliphatic heterocycles. The van der Waals surface area contributed by atoms with E-state index < -0.39 is 0 Å². The molecule has 0 amide bonds. The molecule has 2 N–H and O–H groups in total. The van der Waals surface area contributed by atoms with Crippen molar-refractivity contribution in [2.45, 2.75) is 38.1 Å². The van der Waals surface area contributed by atoms with Gasteiger partial charge in [0, 0.05) is 42.8 Å². The number of hydrogen-bond acceptors (Lipinski definition) is 7. The van der Waals surface area contributed by atoms with Crippen molar-refractivity contribution in [3.05, 3.63) is 81.4 Å². The molecule has 3 aromatic heterocycles. The van der Waals surface area contributed by atoms with E-state index in [1.807, 2.05) is 37.5 Å². The van der Waals surface area contributed by atoms with Crippen LogP contribution in [0.2, 0.25) is 5.15 Å². The first-order valence-electron chi connectivity index (χ1n) is 11.5. The molecular weight excluding hydrogens is 462 g/mol. The van der Waals surface area contributed by atoms with Crippen LogP contribution in [0.15, 0.2) is 53.7 Å². The van der Waals surface area contributed by atoms with Gasteiger partial charge in [0.15, 0.2) is 0 Å². The molecule has 3 heterocycles. The SMILES string of the molecule is CC(Nc1cc(=O)n(C)c2c(Nc3ccnc(Cl)c3C#N)cccc12)c1ncc(C2CCC2)cn1. The number of nitriles is 1. The third-order valence-electron chi connectivity index (χ3n) is 6.57. The molecule has 0 spiro atoms. The lowest BCUT2D eigenvalue weighted by atomic mass is 9.81. The van der Waals surface area contributed by atoms with Gasteiger partial charge in [-0.3, -0.25) is 4.79 Å². The van der Waals surface area contributed by atoms with Crippen LogP contribution in [-0.4, -0.2) is 19.5 Å². The summed E-state index contributed by atoms with van der Waals surface area (Å²) in [6, 6.07) is 10.8. The standard InChI is InChI=1S/C26H24ClN7O/c1-15(26-30-13-17(14-31-26)16-5-3-6-16)32-22-11-23(35)34(2)24-18(22)7-4-8-21(24)33-20-9-10-29-25(27)19(20)12-28/h4,7-11,13-16,32H,3,5-6H2,1-2H3,(H,29,33). The summed E-state index contributed by atoms with van der Waals surface area (Å²) in [5.74, 6) is 1.25. The van der Waals surface area contributed by atoms with Crippen LogP contribution in [0.4, 0.5) is 17.1 Å². The van der Waals surface area contributed by atoms with Gasteiger partial charge in [-0.15, -0.1) is 0 Å². The normalized spacial score (nSPS) is 14.2. The zero-order valence-electron chi connectivity index (χ0n) is 19.4. The average molecular weight is 486 g/mol. The summed E-state index contributed by atoms with van der Waals surface area (Å²) in [6.45, 7) is 1.97. The van der Waals surface area contributed by atoms with E-state index in [0.29, 0.717) is 34.3 Å². The van der Waals surface area contributed by atoms with E-state index in [0.717, 1.165) is 5.39 Å². The smallest absolute Gasteiger partial charge is 0.252 e. The van der Waals surface area contributed by atoms with Crippen molar-refractivity contribution in [1.82, 2.24) is 19.5 Å². The topological polar surface area (TPSA) is 109 Å². The van der Waals surface area contributed by atoms with E-state index in [1.165, 1.54) is 31.0 Å². The van der Waals surface area contributed by atoms with Crippen LogP contribution in [-0.2, 0) is 7.05 Å². The van der Waals surface area contributed by atoms with Crippen molar-refractivity contribution < 1.29 is 0 Å². The first-order valence-corrected chi connectivity index (χ1v) is 11.9. The van der Waals surface area contributed by atoms with Gasteiger partial charge < -0.3 is 15.2 Å². The fourth-order valence-corrected chi connectivity index (χ4v) is 4.56. The monoisotopic (exact) mass is 485 g/mol. The van der Waals surface area contributed by atoms with Crippen molar-refractivity contribution >= 4 is 39.6 Å².